The maximum Gasteiger partial charge on any atom is 0.306 e. The van der Waals surface area contributed by atoms with Gasteiger partial charge in [0.05, 0.1) is 0 Å². The summed E-state index contributed by atoms with van der Waals surface area (Å²) in [5.41, 5.74) is 0. The number of esters is 3. The van der Waals surface area contributed by atoms with E-state index in [-0.39, 0.29) is 31.1 Å². The molecule has 0 aromatic carbocycles. The molecule has 1 unspecified atom stereocenters. The van der Waals surface area contributed by atoms with Gasteiger partial charge in [-0.25, -0.2) is 0 Å². The smallest absolute Gasteiger partial charge is 0.306 e. The zero-order valence-corrected chi connectivity index (χ0v) is 44.0. The molecule has 0 rings (SSSR count). The summed E-state index contributed by atoms with van der Waals surface area (Å²) < 4.78 is 16.9. The van der Waals surface area contributed by atoms with Crippen molar-refractivity contribution >= 4 is 17.9 Å². The van der Waals surface area contributed by atoms with Crippen LogP contribution in [0.4, 0.5) is 0 Å². The molecule has 1 atom stereocenters. The first-order valence-corrected chi connectivity index (χ1v) is 29.2. The summed E-state index contributed by atoms with van der Waals surface area (Å²) >= 11 is 0. The van der Waals surface area contributed by atoms with Gasteiger partial charge in [-0.15, -0.1) is 0 Å². The topological polar surface area (TPSA) is 78.9 Å². The van der Waals surface area contributed by atoms with Gasteiger partial charge < -0.3 is 14.2 Å². The van der Waals surface area contributed by atoms with Gasteiger partial charge in [0.15, 0.2) is 6.10 Å². The van der Waals surface area contributed by atoms with Gasteiger partial charge in [0.25, 0.3) is 0 Å². The van der Waals surface area contributed by atoms with Crippen LogP contribution in [0.5, 0.6) is 0 Å². The molecule has 65 heavy (non-hydrogen) atoms. The Morgan fingerprint density at radius 1 is 0.292 bits per heavy atom. The molecule has 0 saturated heterocycles. The Morgan fingerprint density at radius 3 is 0.815 bits per heavy atom. The van der Waals surface area contributed by atoms with Crippen molar-refractivity contribution in [3.63, 3.8) is 0 Å². The number of rotatable bonds is 54. The first kappa shape index (κ1) is 63.1. The van der Waals surface area contributed by atoms with Crippen LogP contribution in [0.3, 0.4) is 0 Å². The largest absolute Gasteiger partial charge is 0.462 e. The van der Waals surface area contributed by atoms with Crippen LogP contribution in [0.15, 0.2) is 12.2 Å². The van der Waals surface area contributed by atoms with Crippen molar-refractivity contribution in [3.05, 3.63) is 12.2 Å². The van der Waals surface area contributed by atoms with E-state index >= 15 is 0 Å². The molecule has 0 fully saturated rings. The Morgan fingerprint density at radius 2 is 0.523 bits per heavy atom. The van der Waals surface area contributed by atoms with Crippen molar-refractivity contribution in [1.82, 2.24) is 0 Å². The number of hydrogen-bond donors (Lipinski definition) is 0. The Kier molecular flexibility index (Phi) is 53.2. The predicted octanol–water partition coefficient (Wildman–Crippen LogP) is 19.3. The third-order valence-electron chi connectivity index (χ3n) is 13.3. The molecular weight excluding hydrogens is 805 g/mol. The Bertz CT molecular complexity index is 1010. The SMILES string of the molecule is CCCC/C=C\CCCCCCCC(=O)OCC(COC(=O)CCCCCCCCCCCCCCCCCCCC)OC(=O)CCCCCCCCCCCCCCCCCCCC. The van der Waals surface area contributed by atoms with Crippen molar-refractivity contribution in [2.45, 2.75) is 335 Å². The molecule has 0 aliphatic heterocycles. The van der Waals surface area contributed by atoms with Gasteiger partial charge in [-0.05, 0) is 38.5 Å². The lowest BCUT2D eigenvalue weighted by Gasteiger charge is -2.18. The van der Waals surface area contributed by atoms with Crippen LogP contribution in [0.25, 0.3) is 0 Å². The summed E-state index contributed by atoms with van der Waals surface area (Å²) in [7, 11) is 0. The molecule has 0 aromatic heterocycles. The molecule has 6 heteroatoms. The fraction of sp³-hybridized carbons (Fsp3) is 0.915. The van der Waals surface area contributed by atoms with Crippen LogP contribution in [-0.2, 0) is 28.6 Å². The lowest BCUT2D eigenvalue weighted by Crippen LogP contribution is -2.30. The van der Waals surface area contributed by atoms with Crippen molar-refractivity contribution in [3.8, 4) is 0 Å². The second-order valence-corrected chi connectivity index (χ2v) is 19.9. The third-order valence-corrected chi connectivity index (χ3v) is 13.3. The standard InChI is InChI=1S/C59H112O6/c1-4-7-10-13-16-19-22-24-26-28-30-32-34-37-40-43-46-49-52-58(61)64-55-56(54-63-57(60)51-48-45-42-39-36-21-18-15-12-9-6-3)65-59(62)53-50-47-44-41-38-35-33-31-29-27-25-23-20-17-14-11-8-5-2/h15,18,56H,4-14,16-17,19-55H2,1-3H3/b18-15-. The van der Waals surface area contributed by atoms with E-state index in [1.165, 1.54) is 225 Å². The van der Waals surface area contributed by atoms with Gasteiger partial charge in [0.1, 0.15) is 13.2 Å². The minimum absolute atomic E-state index is 0.0666. The normalized spacial score (nSPS) is 12.0. The van der Waals surface area contributed by atoms with Crippen LogP contribution in [-0.4, -0.2) is 37.2 Å². The monoisotopic (exact) mass is 917 g/mol. The molecule has 0 aliphatic carbocycles. The summed E-state index contributed by atoms with van der Waals surface area (Å²) in [6, 6.07) is 0. The lowest BCUT2D eigenvalue weighted by molar-refractivity contribution is -0.167. The zero-order valence-electron chi connectivity index (χ0n) is 44.0. The molecule has 0 aliphatic rings. The molecule has 0 spiro atoms. The quantitative estimate of drug-likeness (QED) is 0.0262. The van der Waals surface area contributed by atoms with Crippen molar-refractivity contribution in [2.75, 3.05) is 13.2 Å². The van der Waals surface area contributed by atoms with Crippen LogP contribution in [0.1, 0.15) is 329 Å². The van der Waals surface area contributed by atoms with Crippen molar-refractivity contribution < 1.29 is 28.6 Å². The van der Waals surface area contributed by atoms with E-state index in [0.717, 1.165) is 64.2 Å². The van der Waals surface area contributed by atoms with E-state index in [9.17, 15) is 14.4 Å². The summed E-state index contributed by atoms with van der Waals surface area (Å²) in [6.07, 6.45) is 62.1. The highest BCUT2D eigenvalue weighted by Gasteiger charge is 2.19. The highest BCUT2D eigenvalue weighted by molar-refractivity contribution is 5.71. The minimum Gasteiger partial charge on any atom is -0.462 e. The molecule has 0 aromatic rings. The van der Waals surface area contributed by atoms with Gasteiger partial charge in [-0.1, -0.05) is 283 Å². The summed E-state index contributed by atoms with van der Waals surface area (Å²) in [5.74, 6) is -0.852. The maximum atomic E-state index is 12.8. The summed E-state index contributed by atoms with van der Waals surface area (Å²) in [5, 5.41) is 0. The number of hydrogen-bond acceptors (Lipinski definition) is 6. The molecule has 0 heterocycles. The number of allylic oxidation sites excluding steroid dienone is 2. The third kappa shape index (κ3) is 53.0. The molecule has 0 saturated carbocycles. The van der Waals surface area contributed by atoms with Crippen LogP contribution in [0, 0.1) is 0 Å². The number of ether oxygens (including phenoxy) is 3. The second-order valence-electron chi connectivity index (χ2n) is 19.9. The molecule has 0 amide bonds. The summed E-state index contributed by atoms with van der Waals surface area (Å²) in [4.78, 5) is 38.1. The Balaban J connectivity index is 4.26. The lowest BCUT2D eigenvalue weighted by atomic mass is 10.0. The Labute approximate surface area is 405 Å². The molecule has 0 bridgehead atoms. The van der Waals surface area contributed by atoms with Crippen molar-refractivity contribution in [1.29, 1.82) is 0 Å². The van der Waals surface area contributed by atoms with E-state index < -0.39 is 6.10 Å². The first-order chi connectivity index (χ1) is 32.0. The average molecular weight is 918 g/mol. The van der Waals surface area contributed by atoms with Gasteiger partial charge in [0.2, 0.25) is 0 Å². The second kappa shape index (κ2) is 54.8. The van der Waals surface area contributed by atoms with Crippen molar-refractivity contribution in [2.24, 2.45) is 0 Å². The minimum atomic E-state index is -0.767. The zero-order chi connectivity index (χ0) is 47.2. The highest BCUT2D eigenvalue weighted by Crippen LogP contribution is 2.17. The molecule has 384 valence electrons. The van der Waals surface area contributed by atoms with Crippen LogP contribution >= 0.6 is 0 Å². The van der Waals surface area contributed by atoms with E-state index in [1.807, 2.05) is 0 Å². The van der Waals surface area contributed by atoms with Gasteiger partial charge >= 0.3 is 17.9 Å². The first-order valence-electron chi connectivity index (χ1n) is 29.2. The van der Waals surface area contributed by atoms with E-state index in [1.54, 1.807) is 0 Å². The van der Waals surface area contributed by atoms with Gasteiger partial charge in [-0.2, -0.15) is 0 Å². The fourth-order valence-corrected chi connectivity index (χ4v) is 8.84. The highest BCUT2D eigenvalue weighted by atomic mass is 16.6. The van der Waals surface area contributed by atoms with E-state index in [2.05, 4.69) is 32.9 Å². The summed E-state index contributed by atoms with van der Waals surface area (Å²) in [6.45, 7) is 6.66. The number of carbonyl (C=O) groups excluding carboxylic acids is 3. The molecule has 0 radical (unpaired) electrons. The molecular formula is C59H112O6. The average Bonchev–Trinajstić information content (AvgIpc) is 3.30. The number of unbranched alkanes of at least 4 members (excludes halogenated alkanes) is 41. The maximum absolute atomic E-state index is 12.8. The molecule has 0 N–H and O–H groups in total. The van der Waals surface area contributed by atoms with Crippen LogP contribution in [0.2, 0.25) is 0 Å². The fourth-order valence-electron chi connectivity index (χ4n) is 8.84. The number of carbonyl (C=O) groups is 3. The molecule has 6 nitrogen and oxygen atoms in total. The van der Waals surface area contributed by atoms with Gasteiger partial charge in [0, 0.05) is 19.3 Å². The van der Waals surface area contributed by atoms with Crippen LogP contribution < -0.4 is 0 Å². The van der Waals surface area contributed by atoms with E-state index in [4.69, 9.17) is 14.2 Å². The van der Waals surface area contributed by atoms with Gasteiger partial charge in [-0.3, -0.25) is 14.4 Å². The Hall–Kier alpha value is -1.85. The van der Waals surface area contributed by atoms with E-state index in [0.29, 0.717) is 19.3 Å². The predicted molar refractivity (Wildman–Crippen MR) is 280 cm³/mol.